The summed E-state index contributed by atoms with van der Waals surface area (Å²) in [6, 6.07) is 65.6. The monoisotopic (exact) mass is 799 g/mol. The second kappa shape index (κ2) is 13.9. The van der Waals surface area contributed by atoms with Crippen molar-refractivity contribution in [3.63, 3.8) is 0 Å². The highest BCUT2D eigenvalue weighted by Crippen LogP contribution is 2.38. The van der Waals surface area contributed by atoms with Crippen LogP contribution < -0.4 is 5.69 Å². The number of hydrogen-bond acceptors (Lipinski definition) is 4. The summed E-state index contributed by atoms with van der Waals surface area (Å²) in [5.41, 5.74) is 12.7. The van der Waals surface area contributed by atoms with Crippen LogP contribution in [0.2, 0.25) is 0 Å². The van der Waals surface area contributed by atoms with Gasteiger partial charge in [-0.2, -0.15) is 0 Å². The van der Waals surface area contributed by atoms with Gasteiger partial charge < -0.3 is 9.13 Å². The lowest BCUT2D eigenvalue weighted by atomic mass is 10.0. The normalized spacial score (nSPS) is 11.8. The topological polar surface area (TPSA) is 75.5 Å². The Morgan fingerprint density at radius 1 is 0.323 bits per heavy atom. The molecule has 62 heavy (non-hydrogen) atoms. The van der Waals surface area contributed by atoms with Crippen molar-refractivity contribution in [2.45, 2.75) is 0 Å². The second-order valence-electron chi connectivity index (χ2n) is 15.8. The van der Waals surface area contributed by atoms with Crippen molar-refractivity contribution in [2.75, 3.05) is 0 Å². The van der Waals surface area contributed by atoms with Gasteiger partial charge in [0.25, 0.3) is 0 Å². The van der Waals surface area contributed by atoms with E-state index >= 15 is 0 Å². The fourth-order valence-electron chi connectivity index (χ4n) is 9.26. The van der Waals surface area contributed by atoms with Gasteiger partial charge in [-0.1, -0.05) is 127 Å². The van der Waals surface area contributed by atoms with Gasteiger partial charge in [0.15, 0.2) is 17.5 Å². The summed E-state index contributed by atoms with van der Waals surface area (Å²) in [5, 5.41) is 4.76. The van der Waals surface area contributed by atoms with E-state index in [4.69, 9.17) is 15.0 Å². The third-order valence-corrected chi connectivity index (χ3v) is 12.2. The molecule has 0 saturated heterocycles. The molecule has 294 valence electrons. The number of rotatable bonds is 6. The summed E-state index contributed by atoms with van der Waals surface area (Å²) in [6.07, 6.45) is 0. The molecule has 0 aliphatic rings. The molecule has 0 bridgehead atoms. The van der Waals surface area contributed by atoms with E-state index in [0.29, 0.717) is 17.5 Å². The van der Waals surface area contributed by atoms with Gasteiger partial charge in [0.2, 0.25) is 0 Å². The molecule has 0 spiro atoms. The molecular weight excluding hydrogens is 763 g/mol. The number of aromatic nitrogens is 7. The maximum absolute atomic E-state index is 12.8. The zero-order chi connectivity index (χ0) is 41.5. The number of para-hydroxylation sites is 4. The number of aryl methyl sites for hydroxylation is 2. The molecule has 0 aliphatic heterocycles. The Bertz CT molecular complexity index is 3570. The Kier molecular flexibility index (Phi) is 7.95. The lowest BCUT2D eigenvalue weighted by Crippen LogP contribution is -2.19. The standard InChI is InChI=1S/C54H37N7O/c1-58-49-28-27-36(32-50(49)59(2)54(58)62)35-17-14-18-37(29-35)52-55-51(34-15-4-3-5-16-34)56-53(57-52)38-30-39(60-45-23-10-6-19-41(45)42-20-7-11-24-46(42)60)33-40(31-38)61-47-25-12-8-21-43(47)44-22-9-13-26-48(44)61/h3-33H,1-2H3. The van der Waals surface area contributed by atoms with E-state index in [0.717, 1.165) is 72.3 Å². The SMILES string of the molecule is Cn1c(=O)n(C)c2cc(-c3cccc(-c4nc(-c5ccccc5)nc(-c5cc(-n6c7ccccc7c7ccccc76)cc(-n6c7ccccc7c7ccccc76)c5)n4)c3)ccc21. The van der Waals surface area contributed by atoms with Crippen molar-refractivity contribution in [3.8, 4) is 56.7 Å². The molecule has 0 fully saturated rings. The van der Waals surface area contributed by atoms with Crippen LogP contribution in [0.25, 0.3) is 111 Å². The van der Waals surface area contributed by atoms with Gasteiger partial charge in [0.05, 0.1) is 33.1 Å². The van der Waals surface area contributed by atoms with Gasteiger partial charge in [-0.25, -0.2) is 19.7 Å². The van der Waals surface area contributed by atoms with Crippen molar-refractivity contribution >= 4 is 54.6 Å². The molecule has 0 amide bonds. The number of fused-ring (bicyclic) bond motifs is 7. The third-order valence-electron chi connectivity index (χ3n) is 12.2. The highest BCUT2D eigenvalue weighted by Gasteiger charge is 2.20. The lowest BCUT2D eigenvalue weighted by molar-refractivity contribution is 0.795. The van der Waals surface area contributed by atoms with Crippen LogP contribution in [0, 0.1) is 0 Å². The van der Waals surface area contributed by atoms with Crippen molar-refractivity contribution in [1.29, 1.82) is 0 Å². The minimum atomic E-state index is -0.0550. The molecule has 0 atom stereocenters. The maximum atomic E-state index is 12.8. The molecule has 4 aromatic heterocycles. The molecule has 0 aliphatic carbocycles. The van der Waals surface area contributed by atoms with Crippen LogP contribution in [0.4, 0.5) is 0 Å². The van der Waals surface area contributed by atoms with E-state index in [-0.39, 0.29) is 5.69 Å². The van der Waals surface area contributed by atoms with E-state index < -0.39 is 0 Å². The van der Waals surface area contributed by atoms with Crippen molar-refractivity contribution in [3.05, 3.63) is 199 Å². The average Bonchev–Trinajstić information content (AvgIpc) is 3.93. The Morgan fingerprint density at radius 3 is 1.29 bits per heavy atom. The first-order chi connectivity index (χ1) is 30.5. The summed E-state index contributed by atoms with van der Waals surface area (Å²) >= 11 is 0. The second-order valence-corrected chi connectivity index (χ2v) is 15.8. The highest BCUT2D eigenvalue weighted by molar-refractivity contribution is 6.10. The Balaban J connectivity index is 1.11. The molecule has 0 radical (unpaired) electrons. The molecule has 12 rings (SSSR count). The molecule has 12 aromatic rings. The summed E-state index contributed by atoms with van der Waals surface area (Å²) < 4.78 is 8.08. The molecule has 8 nitrogen and oxygen atoms in total. The number of nitrogens with zero attached hydrogens (tertiary/aromatic N) is 7. The summed E-state index contributed by atoms with van der Waals surface area (Å²) in [4.78, 5) is 28.5. The summed E-state index contributed by atoms with van der Waals surface area (Å²) in [7, 11) is 3.61. The number of hydrogen-bond donors (Lipinski definition) is 0. The zero-order valence-electron chi connectivity index (χ0n) is 33.9. The minimum Gasteiger partial charge on any atom is -0.309 e. The summed E-state index contributed by atoms with van der Waals surface area (Å²) in [5.74, 6) is 1.70. The highest BCUT2D eigenvalue weighted by atomic mass is 16.1. The molecule has 4 heterocycles. The van der Waals surface area contributed by atoms with Crippen molar-refractivity contribution in [2.24, 2.45) is 14.1 Å². The van der Waals surface area contributed by atoms with Crippen LogP contribution >= 0.6 is 0 Å². The Morgan fingerprint density at radius 2 is 0.742 bits per heavy atom. The fraction of sp³-hybridized carbons (Fsp3) is 0.0370. The fourth-order valence-corrected chi connectivity index (χ4v) is 9.26. The first-order valence-electron chi connectivity index (χ1n) is 20.7. The van der Waals surface area contributed by atoms with Crippen molar-refractivity contribution < 1.29 is 0 Å². The van der Waals surface area contributed by atoms with Crippen LogP contribution in [0.5, 0.6) is 0 Å². The number of benzene rings is 8. The quantitative estimate of drug-likeness (QED) is 0.168. The van der Waals surface area contributed by atoms with Crippen LogP contribution in [0.15, 0.2) is 193 Å². The maximum Gasteiger partial charge on any atom is 0.328 e. The van der Waals surface area contributed by atoms with Crippen LogP contribution in [-0.2, 0) is 14.1 Å². The zero-order valence-corrected chi connectivity index (χ0v) is 33.9. The molecule has 0 saturated carbocycles. The first kappa shape index (κ1) is 35.6. The molecular formula is C54H37N7O. The van der Waals surface area contributed by atoms with E-state index in [1.165, 1.54) is 21.5 Å². The van der Waals surface area contributed by atoms with E-state index in [2.05, 4.69) is 149 Å². The van der Waals surface area contributed by atoms with Crippen LogP contribution in [0.3, 0.4) is 0 Å². The lowest BCUT2D eigenvalue weighted by Gasteiger charge is -2.16. The predicted octanol–water partition coefficient (Wildman–Crippen LogP) is 11.9. The molecule has 8 heteroatoms. The van der Waals surface area contributed by atoms with Gasteiger partial charge in [-0.15, -0.1) is 0 Å². The van der Waals surface area contributed by atoms with Gasteiger partial charge in [-0.3, -0.25) is 9.13 Å². The van der Waals surface area contributed by atoms with Crippen LogP contribution in [-0.4, -0.2) is 33.2 Å². The Hall–Kier alpha value is -8.36. The van der Waals surface area contributed by atoms with Crippen molar-refractivity contribution in [1.82, 2.24) is 33.2 Å². The van der Waals surface area contributed by atoms with Gasteiger partial charge >= 0.3 is 5.69 Å². The van der Waals surface area contributed by atoms with Crippen LogP contribution in [0.1, 0.15) is 0 Å². The smallest absolute Gasteiger partial charge is 0.309 e. The van der Waals surface area contributed by atoms with E-state index in [1.54, 1.807) is 16.2 Å². The third kappa shape index (κ3) is 5.54. The molecule has 8 aromatic carbocycles. The Labute approximate surface area is 355 Å². The molecule has 0 N–H and O–H groups in total. The van der Waals surface area contributed by atoms with E-state index in [9.17, 15) is 4.79 Å². The summed E-state index contributed by atoms with van der Waals surface area (Å²) in [6.45, 7) is 0. The van der Waals surface area contributed by atoms with Gasteiger partial charge in [-0.05, 0) is 71.8 Å². The van der Waals surface area contributed by atoms with Gasteiger partial charge in [0.1, 0.15) is 0 Å². The van der Waals surface area contributed by atoms with E-state index in [1.807, 2.05) is 55.6 Å². The molecule has 0 unspecified atom stereocenters. The predicted molar refractivity (Wildman–Crippen MR) is 252 cm³/mol. The minimum absolute atomic E-state index is 0.0550. The van der Waals surface area contributed by atoms with Gasteiger partial charge in [0, 0.05) is 63.7 Å². The first-order valence-corrected chi connectivity index (χ1v) is 20.7. The number of imidazole rings is 1. The largest absolute Gasteiger partial charge is 0.328 e. The average molecular weight is 800 g/mol.